The van der Waals surface area contributed by atoms with Crippen molar-refractivity contribution in [1.82, 2.24) is 29.6 Å². The van der Waals surface area contributed by atoms with Gasteiger partial charge >= 0.3 is 5.69 Å². The van der Waals surface area contributed by atoms with Gasteiger partial charge in [-0.1, -0.05) is 0 Å². The van der Waals surface area contributed by atoms with Crippen LogP contribution in [0.1, 0.15) is 37.2 Å². The van der Waals surface area contributed by atoms with Gasteiger partial charge in [-0.3, -0.25) is 19.1 Å². The third-order valence-corrected chi connectivity index (χ3v) is 4.14. The Kier molecular flexibility index (Phi) is 4.32. The van der Waals surface area contributed by atoms with E-state index >= 15 is 0 Å². The van der Waals surface area contributed by atoms with E-state index in [1.54, 1.807) is 11.6 Å². The second-order valence-electron chi connectivity index (χ2n) is 6.02. The van der Waals surface area contributed by atoms with Crippen LogP contribution in [-0.4, -0.2) is 30.2 Å². The minimum absolute atomic E-state index is 0.153. The number of nitrogens with one attached hydrogen (secondary N) is 2. The fourth-order valence-electron chi connectivity index (χ4n) is 2.69. The molecule has 0 unspecified atom stereocenters. The average Bonchev–Trinajstić information content (AvgIpc) is 3.27. The summed E-state index contributed by atoms with van der Waals surface area (Å²) in [6.45, 7) is 4.07. The number of rotatable bonds is 6. The summed E-state index contributed by atoms with van der Waals surface area (Å²) in [5.74, 6) is 0.780. The van der Waals surface area contributed by atoms with Gasteiger partial charge in [-0.15, -0.1) is 0 Å². The number of aromatic amines is 1. The SMILES string of the molecule is CCn1ncnc1[C@H](NC(=O)Cn1cc(C)c(=O)[nH]c1=O)C1CC1. The molecule has 1 aliphatic rings. The van der Waals surface area contributed by atoms with Crippen molar-refractivity contribution in [3.8, 4) is 0 Å². The van der Waals surface area contributed by atoms with E-state index in [4.69, 9.17) is 0 Å². The van der Waals surface area contributed by atoms with Crippen molar-refractivity contribution in [2.45, 2.75) is 45.8 Å². The zero-order valence-electron chi connectivity index (χ0n) is 13.7. The number of amides is 1. The Morgan fingerprint density at radius 2 is 2.21 bits per heavy atom. The van der Waals surface area contributed by atoms with E-state index in [2.05, 4.69) is 20.4 Å². The first-order valence-corrected chi connectivity index (χ1v) is 7.97. The predicted molar refractivity (Wildman–Crippen MR) is 85.4 cm³/mol. The molecule has 2 aromatic rings. The van der Waals surface area contributed by atoms with Crippen LogP contribution in [0.2, 0.25) is 0 Å². The third-order valence-electron chi connectivity index (χ3n) is 4.14. The Bertz CT molecular complexity index is 861. The van der Waals surface area contributed by atoms with Crippen LogP contribution >= 0.6 is 0 Å². The predicted octanol–water partition coefficient (Wildman–Crippen LogP) is -0.276. The van der Waals surface area contributed by atoms with Gasteiger partial charge in [0.15, 0.2) is 0 Å². The van der Waals surface area contributed by atoms with Crippen LogP contribution in [0, 0.1) is 12.8 Å². The number of aryl methyl sites for hydroxylation is 2. The van der Waals surface area contributed by atoms with Crippen molar-refractivity contribution < 1.29 is 4.79 Å². The summed E-state index contributed by atoms with van der Waals surface area (Å²) in [6, 6.07) is -0.209. The Morgan fingerprint density at radius 3 is 2.88 bits per heavy atom. The van der Waals surface area contributed by atoms with Crippen LogP contribution in [0.5, 0.6) is 0 Å². The molecule has 0 aliphatic heterocycles. The van der Waals surface area contributed by atoms with Crippen molar-refractivity contribution in [2.75, 3.05) is 0 Å². The van der Waals surface area contributed by atoms with Gasteiger partial charge in [0.05, 0.1) is 6.04 Å². The Hall–Kier alpha value is -2.71. The molecule has 1 fully saturated rings. The molecule has 0 aromatic carbocycles. The van der Waals surface area contributed by atoms with Gasteiger partial charge < -0.3 is 5.32 Å². The molecule has 1 amide bonds. The molecule has 3 rings (SSSR count). The molecule has 2 aromatic heterocycles. The standard InChI is InChI=1S/C15H20N6O3/c1-3-21-13(16-8-17-21)12(10-4-5-10)18-11(22)7-20-6-9(2)14(23)19-15(20)24/h6,8,10,12H,3-5,7H2,1-2H3,(H,18,22)(H,19,23,24)/t12-/m1/s1. The van der Waals surface area contributed by atoms with Gasteiger partial charge in [-0.2, -0.15) is 5.10 Å². The summed E-state index contributed by atoms with van der Waals surface area (Å²) in [5.41, 5.74) is -0.657. The maximum atomic E-state index is 12.4. The van der Waals surface area contributed by atoms with E-state index in [0.717, 1.165) is 18.7 Å². The minimum Gasteiger partial charge on any atom is -0.344 e. The first kappa shape index (κ1) is 16.2. The highest BCUT2D eigenvalue weighted by molar-refractivity contribution is 5.76. The molecule has 2 N–H and O–H groups in total. The third kappa shape index (κ3) is 3.29. The number of hydrogen-bond donors (Lipinski definition) is 2. The fourth-order valence-corrected chi connectivity index (χ4v) is 2.69. The van der Waals surface area contributed by atoms with Gasteiger partial charge in [-0.25, -0.2) is 14.5 Å². The maximum Gasteiger partial charge on any atom is 0.328 e. The van der Waals surface area contributed by atoms with Crippen molar-refractivity contribution in [2.24, 2.45) is 5.92 Å². The summed E-state index contributed by atoms with van der Waals surface area (Å²) in [6.07, 6.45) is 4.93. The van der Waals surface area contributed by atoms with Crippen molar-refractivity contribution >= 4 is 5.91 Å². The Morgan fingerprint density at radius 1 is 1.46 bits per heavy atom. The lowest BCUT2D eigenvalue weighted by Gasteiger charge is -2.18. The van der Waals surface area contributed by atoms with Gasteiger partial charge in [0.25, 0.3) is 5.56 Å². The monoisotopic (exact) mass is 332 g/mol. The first-order chi connectivity index (χ1) is 11.5. The number of H-pyrrole nitrogens is 1. The summed E-state index contributed by atoms with van der Waals surface area (Å²) < 4.78 is 2.96. The molecular weight excluding hydrogens is 312 g/mol. The van der Waals surface area contributed by atoms with Crippen LogP contribution in [0.15, 0.2) is 22.1 Å². The van der Waals surface area contributed by atoms with Crippen molar-refractivity contribution in [1.29, 1.82) is 0 Å². The van der Waals surface area contributed by atoms with Gasteiger partial charge in [0, 0.05) is 18.3 Å². The van der Waals surface area contributed by atoms with E-state index in [-0.39, 0.29) is 18.5 Å². The van der Waals surface area contributed by atoms with Crippen molar-refractivity contribution in [3.05, 3.63) is 44.8 Å². The second-order valence-corrected chi connectivity index (χ2v) is 6.02. The molecule has 0 radical (unpaired) electrons. The highest BCUT2D eigenvalue weighted by atomic mass is 16.2. The number of nitrogens with zero attached hydrogens (tertiary/aromatic N) is 4. The van der Waals surface area contributed by atoms with E-state index in [9.17, 15) is 14.4 Å². The molecule has 0 bridgehead atoms. The number of carbonyl (C=O) groups excluding carboxylic acids is 1. The summed E-state index contributed by atoms with van der Waals surface area (Å²) in [5, 5.41) is 7.10. The number of aromatic nitrogens is 5. The highest BCUT2D eigenvalue weighted by Gasteiger charge is 2.36. The molecule has 9 nitrogen and oxygen atoms in total. The smallest absolute Gasteiger partial charge is 0.328 e. The largest absolute Gasteiger partial charge is 0.344 e. The van der Waals surface area contributed by atoms with Gasteiger partial charge in [0.2, 0.25) is 5.91 Å². The quantitative estimate of drug-likeness (QED) is 0.755. The molecular formula is C15H20N6O3. The molecule has 0 saturated heterocycles. The average molecular weight is 332 g/mol. The molecule has 0 spiro atoms. The van der Waals surface area contributed by atoms with Crippen LogP contribution in [-0.2, 0) is 17.9 Å². The molecule has 1 saturated carbocycles. The molecule has 2 heterocycles. The van der Waals surface area contributed by atoms with Crippen LogP contribution < -0.4 is 16.6 Å². The van der Waals surface area contributed by atoms with Crippen molar-refractivity contribution in [3.63, 3.8) is 0 Å². The zero-order chi connectivity index (χ0) is 17.3. The minimum atomic E-state index is -0.597. The van der Waals surface area contributed by atoms with E-state index in [1.165, 1.54) is 17.1 Å². The van der Waals surface area contributed by atoms with Crippen LogP contribution in [0.25, 0.3) is 0 Å². The molecule has 1 atom stereocenters. The zero-order valence-corrected chi connectivity index (χ0v) is 13.7. The lowest BCUT2D eigenvalue weighted by molar-refractivity contribution is -0.122. The molecule has 9 heteroatoms. The molecule has 1 aliphatic carbocycles. The van der Waals surface area contributed by atoms with E-state index in [0.29, 0.717) is 18.0 Å². The van der Waals surface area contributed by atoms with E-state index in [1.807, 2.05) is 6.92 Å². The molecule has 128 valence electrons. The summed E-state index contributed by atoms with van der Waals surface area (Å²) >= 11 is 0. The number of carbonyl (C=O) groups is 1. The lowest BCUT2D eigenvalue weighted by Crippen LogP contribution is -2.39. The first-order valence-electron chi connectivity index (χ1n) is 7.97. The van der Waals surface area contributed by atoms with Gasteiger partial charge in [0.1, 0.15) is 18.7 Å². The highest BCUT2D eigenvalue weighted by Crippen LogP contribution is 2.40. The Balaban J connectivity index is 1.77. The van der Waals surface area contributed by atoms with Crippen LogP contribution in [0.3, 0.4) is 0 Å². The van der Waals surface area contributed by atoms with Gasteiger partial charge in [-0.05, 0) is 32.6 Å². The fraction of sp³-hybridized carbons (Fsp3) is 0.533. The normalized spacial score (nSPS) is 15.2. The molecule has 24 heavy (non-hydrogen) atoms. The summed E-state index contributed by atoms with van der Waals surface area (Å²) in [7, 11) is 0. The van der Waals surface area contributed by atoms with Crippen LogP contribution in [0.4, 0.5) is 0 Å². The number of hydrogen-bond acceptors (Lipinski definition) is 5. The Labute approximate surface area is 137 Å². The summed E-state index contributed by atoms with van der Waals surface area (Å²) in [4.78, 5) is 42.0. The maximum absolute atomic E-state index is 12.4. The second kappa shape index (κ2) is 6.42. The van der Waals surface area contributed by atoms with E-state index < -0.39 is 11.2 Å². The topological polar surface area (TPSA) is 115 Å². The lowest BCUT2D eigenvalue weighted by atomic mass is 10.1.